The molecule has 2 atom stereocenters. The second-order valence-electron chi connectivity index (χ2n) is 5.98. The molecule has 0 spiro atoms. The molecule has 0 amide bonds. The van der Waals surface area contributed by atoms with Crippen LogP contribution in [0.3, 0.4) is 0 Å². The highest BCUT2D eigenvalue weighted by Gasteiger charge is 2.29. The third-order valence-corrected chi connectivity index (χ3v) is 4.34. The summed E-state index contributed by atoms with van der Waals surface area (Å²) in [4.78, 5) is 0. The molecule has 1 saturated heterocycles. The van der Waals surface area contributed by atoms with Crippen LogP contribution in [0.2, 0.25) is 0 Å². The third kappa shape index (κ3) is 4.30. The van der Waals surface area contributed by atoms with Crippen LogP contribution in [-0.4, -0.2) is 18.2 Å². The standard InChI is InChI=1S/C16H24BrNO/c1-4-15(12-5-7-13(17)8-6-12)18-14-9-10-19-16(2,3)11-14/h5-8,14-15,18H,4,9-11H2,1-3H3. The molecule has 1 aliphatic rings. The summed E-state index contributed by atoms with van der Waals surface area (Å²) in [6.45, 7) is 7.47. The minimum atomic E-state index is 0.00786. The second-order valence-corrected chi connectivity index (χ2v) is 6.89. The topological polar surface area (TPSA) is 21.3 Å². The molecule has 0 bridgehead atoms. The summed E-state index contributed by atoms with van der Waals surface area (Å²) in [7, 11) is 0. The Hall–Kier alpha value is -0.380. The summed E-state index contributed by atoms with van der Waals surface area (Å²) < 4.78 is 6.92. The highest BCUT2D eigenvalue weighted by Crippen LogP contribution is 2.27. The fourth-order valence-corrected chi connectivity index (χ4v) is 3.07. The number of hydrogen-bond donors (Lipinski definition) is 1. The van der Waals surface area contributed by atoms with Crippen LogP contribution in [0.15, 0.2) is 28.7 Å². The molecule has 3 heteroatoms. The summed E-state index contributed by atoms with van der Waals surface area (Å²) in [6, 6.07) is 9.64. The number of nitrogens with one attached hydrogen (secondary N) is 1. The van der Waals surface area contributed by atoms with Crippen LogP contribution < -0.4 is 5.32 Å². The molecule has 19 heavy (non-hydrogen) atoms. The van der Waals surface area contributed by atoms with Gasteiger partial charge in [0.2, 0.25) is 0 Å². The molecule has 1 heterocycles. The van der Waals surface area contributed by atoms with Gasteiger partial charge < -0.3 is 10.1 Å². The zero-order valence-corrected chi connectivity index (χ0v) is 13.7. The van der Waals surface area contributed by atoms with E-state index in [4.69, 9.17) is 4.74 Å². The molecule has 1 aliphatic heterocycles. The maximum atomic E-state index is 5.79. The van der Waals surface area contributed by atoms with Gasteiger partial charge in [-0.15, -0.1) is 0 Å². The first-order chi connectivity index (χ1) is 9.00. The summed E-state index contributed by atoms with van der Waals surface area (Å²) in [5, 5.41) is 3.80. The zero-order chi connectivity index (χ0) is 13.9. The highest BCUT2D eigenvalue weighted by molar-refractivity contribution is 9.10. The van der Waals surface area contributed by atoms with E-state index in [0.717, 1.165) is 30.3 Å². The Kier molecular flexibility index (Phi) is 5.04. The fraction of sp³-hybridized carbons (Fsp3) is 0.625. The summed E-state index contributed by atoms with van der Waals surface area (Å²) in [5.41, 5.74) is 1.38. The SMILES string of the molecule is CCC(NC1CCOC(C)(C)C1)c1ccc(Br)cc1. The first-order valence-electron chi connectivity index (χ1n) is 7.15. The maximum absolute atomic E-state index is 5.79. The first kappa shape index (κ1) is 15.0. The predicted molar refractivity (Wildman–Crippen MR) is 83.4 cm³/mol. The van der Waals surface area contributed by atoms with Gasteiger partial charge in [-0.1, -0.05) is 35.0 Å². The van der Waals surface area contributed by atoms with Gasteiger partial charge in [0.25, 0.3) is 0 Å². The van der Waals surface area contributed by atoms with Crippen LogP contribution in [0.4, 0.5) is 0 Å². The molecule has 0 radical (unpaired) electrons. The van der Waals surface area contributed by atoms with Crippen molar-refractivity contribution >= 4 is 15.9 Å². The number of halogens is 1. The van der Waals surface area contributed by atoms with Crippen LogP contribution in [0.25, 0.3) is 0 Å². The van der Waals surface area contributed by atoms with Crippen LogP contribution in [0.1, 0.15) is 51.6 Å². The molecule has 2 nitrogen and oxygen atoms in total. The lowest BCUT2D eigenvalue weighted by Gasteiger charge is -2.37. The molecular formula is C16H24BrNO. The lowest BCUT2D eigenvalue weighted by atomic mass is 9.92. The van der Waals surface area contributed by atoms with Crippen molar-refractivity contribution < 1.29 is 4.74 Å². The lowest BCUT2D eigenvalue weighted by molar-refractivity contribution is -0.0642. The van der Waals surface area contributed by atoms with Crippen LogP contribution >= 0.6 is 15.9 Å². The zero-order valence-electron chi connectivity index (χ0n) is 12.1. The van der Waals surface area contributed by atoms with E-state index in [-0.39, 0.29) is 5.60 Å². The van der Waals surface area contributed by atoms with Gasteiger partial charge in [0.1, 0.15) is 0 Å². The van der Waals surface area contributed by atoms with Crippen molar-refractivity contribution in [2.75, 3.05) is 6.61 Å². The van der Waals surface area contributed by atoms with Crippen molar-refractivity contribution in [3.8, 4) is 0 Å². The van der Waals surface area contributed by atoms with E-state index in [1.807, 2.05) is 0 Å². The number of ether oxygens (including phenoxy) is 1. The Morgan fingerprint density at radius 1 is 1.37 bits per heavy atom. The Morgan fingerprint density at radius 2 is 2.05 bits per heavy atom. The van der Waals surface area contributed by atoms with E-state index in [1.54, 1.807) is 0 Å². The third-order valence-electron chi connectivity index (χ3n) is 3.81. The molecule has 1 fully saturated rings. The van der Waals surface area contributed by atoms with Gasteiger partial charge in [0.05, 0.1) is 5.60 Å². The van der Waals surface area contributed by atoms with E-state index < -0.39 is 0 Å². The molecule has 0 saturated carbocycles. The molecule has 106 valence electrons. The van der Waals surface area contributed by atoms with Crippen molar-refractivity contribution in [1.29, 1.82) is 0 Å². The molecular weight excluding hydrogens is 302 g/mol. The molecule has 0 aliphatic carbocycles. The largest absolute Gasteiger partial charge is 0.375 e. The van der Waals surface area contributed by atoms with Crippen molar-refractivity contribution in [1.82, 2.24) is 5.32 Å². The van der Waals surface area contributed by atoms with Gasteiger partial charge >= 0.3 is 0 Å². The predicted octanol–water partition coefficient (Wildman–Crippen LogP) is 4.45. The Labute approximate surface area is 125 Å². The van der Waals surface area contributed by atoms with E-state index in [1.165, 1.54) is 5.56 Å². The van der Waals surface area contributed by atoms with Gasteiger partial charge in [-0.3, -0.25) is 0 Å². The van der Waals surface area contributed by atoms with Gasteiger partial charge in [-0.25, -0.2) is 0 Å². The Bertz CT molecular complexity index is 402. The van der Waals surface area contributed by atoms with Crippen molar-refractivity contribution in [2.45, 2.75) is 57.7 Å². The van der Waals surface area contributed by atoms with Crippen LogP contribution in [0.5, 0.6) is 0 Å². The second kappa shape index (κ2) is 6.38. The molecule has 2 unspecified atom stereocenters. The summed E-state index contributed by atoms with van der Waals surface area (Å²) in [6.07, 6.45) is 3.30. The average molecular weight is 326 g/mol. The molecule has 1 aromatic carbocycles. The smallest absolute Gasteiger partial charge is 0.0641 e. The minimum Gasteiger partial charge on any atom is -0.375 e. The van der Waals surface area contributed by atoms with E-state index in [2.05, 4.69) is 66.3 Å². The molecule has 1 N–H and O–H groups in total. The summed E-state index contributed by atoms with van der Waals surface area (Å²) in [5.74, 6) is 0. The quantitative estimate of drug-likeness (QED) is 0.883. The monoisotopic (exact) mass is 325 g/mol. The lowest BCUT2D eigenvalue weighted by Crippen LogP contribution is -2.44. The van der Waals surface area contributed by atoms with Crippen LogP contribution in [0, 0.1) is 0 Å². The molecule has 1 aromatic rings. The van der Waals surface area contributed by atoms with Gasteiger partial charge in [0, 0.05) is 23.2 Å². The summed E-state index contributed by atoms with van der Waals surface area (Å²) >= 11 is 3.49. The fourth-order valence-electron chi connectivity index (χ4n) is 2.80. The minimum absolute atomic E-state index is 0.00786. The van der Waals surface area contributed by atoms with E-state index >= 15 is 0 Å². The van der Waals surface area contributed by atoms with Crippen molar-refractivity contribution in [3.05, 3.63) is 34.3 Å². The average Bonchev–Trinajstić information content (AvgIpc) is 2.36. The number of hydrogen-bond acceptors (Lipinski definition) is 2. The Balaban J connectivity index is 2.01. The van der Waals surface area contributed by atoms with Crippen LogP contribution in [-0.2, 0) is 4.74 Å². The maximum Gasteiger partial charge on any atom is 0.0641 e. The van der Waals surface area contributed by atoms with Gasteiger partial charge in [-0.2, -0.15) is 0 Å². The molecule has 2 rings (SSSR count). The normalized spacial score (nSPS) is 24.1. The first-order valence-corrected chi connectivity index (χ1v) is 7.95. The van der Waals surface area contributed by atoms with Gasteiger partial charge in [-0.05, 0) is 50.8 Å². The Morgan fingerprint density at radius 3 is 2.63 bits per heavy atom. The number of benzene rings is 1. The van der Waals surface area contributed by atoms with E-state index in [0.29, 0.717) is 12.1 Å². The van der Waals surface area contributed by atoms with E-state index in [9.17, 15) is 0 Å². The molecule has 0 aromatic heterocycles. The van der Waals surface area contributed by atoms with Crippen molar-refractivity contribution in [2.24, 2.45) is 0 Å². The number of rotatable bonds is 4. The van der Waals surface area contributed by atoms with Crippen molar-refractivity contribution in [3.63, 3.8) is 0 Å². The highest BCUT2D eigenvalue weighted by atomic mass is 79.9. The van der Waals surface area contributed by atoms with Gasteiger partial charge in [0.15, 0.2) is 0 Å².